The molecule has 0 radical (unpaired) electrons. The van der Waals surface area contributed by atoms with Crippen LogP contribution in [0.2, 0.25) is 0 Å². The average Bonchev–Trinajstić information content (AvgIpc) is 3.35. The number of fused-ring (bicyclic) bond motifs is 3. The smallest absolute Gasteiger partial charge is 0.252 e. The standard InChI is InChI=1S/C23H18N4O4/c1-13-7-9-17(22(26-28)25-21-11-14(2)27-31-21)23(24-13)29-15-8-10-20-18(12-15)16-5-3-4-6-19(16)30-20/h3-12,28H,1-2H3,(H,25,26). The molecule has 0 aliphatic heterocycles. The van der Waals surface area contributed by atoms with Gasteiger partial charge >= 0.3 is 0 Å². The fourth-order valence-corrected chi connectivity index (χ4v) is 3.33. The lowest BCUT2D eigenvalue weighted by molar-refractivity contribution is 0.234. The van der Waals surface area contributed by atoms with Gasteiger partial charge in [0.2, 0.25) is 5.88 Å². The molecule has 0 saturated heterocycles. The molecule has 0 amide bonds. The van der Waals surface area contributed by atoms with E-state index in [1.54, 1.807) is 25.1 Å². The van der Waals surface area contributed by atoms with Crippen molar-refractivity contribution in [2.45, 2.75) is 13.8 Å². The molecule has 0 aliphatic rings. The SMILES string of the molecule is Cc1cc(/N=C(/NO)c2ccc(C)nc2Oc2ccc3oc4ccccc4c3c2)on1. The van der Waals surface area contributed by atoms with Crippen LogP contribution in [0.5, 0.6) is 11.6 Å². The van der Waals surface area contributed by atoms with Crippen LogP contribution in [-0.4, -0.2) is 21.2 Å². The molecule has 3 heterocycles. The van der Waals surface area contributed by atoms with Crippen LogP contribution < -0.4 is 10.2 Å². The molecule has 0 bridgehead atoms. The zero-order valence-corrected chi connectivity index (χ0v) is 16.8. The number of nitrogens with one attached hydrogen (secondary N) is 1. The molecule has 31 heavy (non-hydrogen) atoms. The van der Waals surface area contributed by atoms with Crippen molar-refractivity contribution in [3.8, 4) is 11.6 Å². The number of para-hydroxylation sites is 1. The van der Waals surface area contributed by atoms with Gasteiger partial charge in [0.25, 0.3) is 5.88 Å². The maximum Gasteiger partial charge on any atom is 0.252 e. The fraction of sp³-hybridized carbons (Fsp3) is 0.0870. The minimum absolute atomic E-state index is 0.119. The first-order chi connectivity index (χ1) is 15.1. The highest BCUT2D eigenvalue weighted by molar-refractivity contribution is 6.05. The van der Waals surface area contributed by atoms with Crippen LogP contribution >= 0.6 is 0 Å². The van der Waals surface area contributed by atoms with Crippen molar-refractivity contribution in [2.24, 2.45) is 4.99 Å². The molecular formula is C23H18N4O4. The van der Waals surface area contributed by atoms with Crippen LogP contribution in [0.1, 0.15) is 17.0 Å². The summed E-state index contributed by atoms with van der Waals surface area (Å²) in [7, 11) is 0. The topological polar surface area (TPSA) is 106 Å². The van der Waals surface area contributed by atoms with Gasteiger partial charge in [-0.05, 0) is 50.2 Å². The highest BCUT2D eigenvalue weighted by Crippen LogP contribution is 2.33. The van der Waals surface area contributed by atoms with E-state index < -0.39 is 0 Å². The van der Waals surface area contributed by atoms with Gasteiger partial charge in [0, 0.05) is 22.5 Å². The molecule has 3 aromatic heterocycles. The average molecular weight is 414 g/mol. The third-order valence-corrected chi connectivity index (χ3v) is 4.76. The molecule has 0 spiro atoms. The van der Waals surface area contributed by atoms with Gasteiger partial charge in [-0.3, -0.25) is 10.7 Å². The first kappa shape index (κ1) is 18.8. The summed E-state index contributed by atoms with van der Waals surface area (Å²) in [4.78, 5) is 8.76. The van der Waals surface area contributed by atoms with Crippen molar-refractivity contribution >= 4 is 33.7 Å². The van der Waals surface area contributed by atoms with Crippen LogP contribution in [0, 0.1) is 13.8 Å². The van der Waals surface area contributed by atoms with Gasteiger partial charge in [0.05, 0.1) is 11.3 Å². The van der Waals surface area contributed by atoms with Crippen LogP contribution in [0.25, 0.3) is 21.9 Å². The van der Waals surface area contributed by atoms with Gasteiger partial charge in [-0.1, -0.05) is 23.4 Å². The van der Waals surface area contributed by atoms with E-state index in [4.69, 9.17) is 13.7 Å². The van der Waals surface area contributed by atoms with Gasteiger partial charge < -0.3 is 13.7 Å². The predicted octanol–water partition coefficient (Wildman–Crippen LogP) is 5.44. The molecule has 8 nitrogen and oxygen atoms in total. The van der Waals surface area contributed by atoms with E-state index in [-0.39, 0.29) is 17.6 Å². The van der Waals surface area contributed by atoms with Gasteiger partial charge in [0.15, 0.2) is 5.84 Å². The number of hydrogen-bond donors (Lipinski definition) is 2. The molecule has 2 N–H and O–H groups in total. The lowest BCUT2D eigenvalue weighted by Crippen LogP contribution is -2.21. The Labute approximate surface area is 176 Å². The Kier molecular flexibility index (Phi) is 4.61. The summed E-state index contributed by atoms with van der Waals surface area (Å²) < 4.78 is 17.1. The van der Waals surface area contributed by atoms with Crippen LogP contribution in [0.3, 0.4) is 0 Å². The molecule has 0 fully saturated rings. The number of hydroxylamine groups is 1. The third-order valence-electron chi connectivity index (χ3n) is 4.76. The highest BCUT2D eigenvalue weighted by atomic mass is 16.5. The van der Waals surface area contributed by atoms with E-state index in [2.05, 4.69) is 20.6 Å². The van der Waals surface area contributed by atoms with Crippen molar-refractivity contribution in [1.29, 1.82) is 0 Å². The van der Waals surface area contributed by atoms with Gasteiger partial charge in [0.1, 0.15) is 16.9 Å². The zero-order valence-electron chi connectivity index (χ0n) is 16.8. The quantitative estimate of drug-likeness (QED) is 0.229. The second-order valence-corrected chi connectivity index (χ2v) is 7.04. The molecule has 0 atom stereocenters. The van der Waals surface area contributed by atoms with E-state index in [9.17, 15) is 5.21 Å². The number of aliphatic imine (C=N–C) groups is 1. The summed E-state index contributed by atoms with van der Waals surface area (Å²) >= 11 is 0. The molecular weight excluding hydrogens is 396 g/mol. The van der Waals surface area contributed by atoms with Gasteiger partial charge in [-0.2, -0.15) is 4.99 Å². The largest absolute Gasteiger partial charge is 0.456 e. The lowest BCUT2D eigenvalue weighted by atomic mass is 10.1. The van der Waals surface area contributed by atoms with E-state index in [1.807, 2.05) is 49.4 Å². The number of rotatable bonds is 4. The number of nitrogens with zero attached hydrogens (tertiary/aromatic N) is 3. The molecule has 8 heteroatoms. The van der Waals surface area contributed by atoms with Crippen molar-refractivity contribution < 1.29 is 18.9 Å². The van der Waals surface area contributed by atoms with Crippen molar-refractivity contribution in [3.63, 3.8) is 0 Å². The van der Waals surface area contributed by atoms with Crippen LogP contribution in [0.15, 0.2) is 74.6 Å². The molecule has 0 unspecified atom stereocenters. The fourth-order valence-electron chi connectivity index (χ4n) is 3.33. The Morgan fingerprint density at radius 3 is 2.61 bits per heavy atom. The van der Waals surface area contributed by atoms with Crippen molar-refractivity contribution in [2.75, 3.05) is 0 Å². The number of hydrogen-bond acceptors (Lipinski definition) is 7. The maximum atomic E-state index is 9.70. The molecule has 2 aromatic carbocycles. The Hall–Kier alpha value is -4.17. The van der Waals surface area contributed by atoms with Crippen LogP contribution in [-0.2, 0) is 0 Å². The number of ether oxygens (including phenoxy) is 1. The summed E-state index contributed by atoms with van der Waals surface area (Å²) in [6, 6.07) is 18.6. The molecule has 0 saturated carbocycles. The number of benzene rings is 2. The molecule has 5 rings (SSSR count). The van der Waals surface area contributed by atoms with Gasteiger partial charge in [-0.15, -0.1) is 0 Å². The van der Waals surface area contributed by atoms with E-state index in [1.165, 1.54) is 0 Å². The third kappa shape index (κ3) is 3.60. The highest BCUT2D eigenvalue weighted by Gasteiger charge is 2.16. The minimum atomic E-state index is 0.119. The second kappa shape index (κ2) is 7.58. The first-order valence-electron chi connectivity index (χ1n) is 9.60. The summed E-state index contributed by atoms with van der Waals surface area (Å²) in [6.07, 6.45) is 0. The predicted molar refractivity (Wildman–Crippen MR) is 115 cm³/mol. The van der Waals surface area contributed by atoms with E-state index in [0.29, 0.717) is 17.0 Å². The zero-order chi connectivity index (χ0) is 21.4. The van der Waals surface area contributed by atoms with E-state index in [0.717, 1.165) is 27.6 Å². The first-order valence-corrected chi connectivity index (χ1v) is 9.60. The number of aromatic nitrogens is 2. The maximum absolute atomic E-state index is 9.70. The Balaban J connectivity index is 1.57. The second-order valence-electron chi connectivity index (χ2n) is 7.04. The van der Waals surface area contributed by atoms with Gasteiger partial charge in [-0.25, -0.2) is 4.98 Å². The monoisotopic (exact) mass is 414 g/mol. The summed E-state index contributed by atoms with van der Waals surface area (Å²) in [5.74, 6) is 1.22. The number of pyridine rings is 1. The summed E-state index contributed by atoms with van der Waals surface area (Å²) in [6.45, 7) is 3.64. The minimum Gasteiger partial charge on any atom is -0.456 e. The number of aryl methyl sites for hydroxylation is 2. The number of furan rings is 1. The van der Waals surface area contributed by atoms with E-state index >= 15 is 0 Å². The van der Waals surface area contributed by atoms with Crippen molar-refractivity contribution in [1.82, 2.24) is 15.6 Å². The Bertz CT molecular complexity index is 1430. The summed E-state index contributed by atoms with van der Waals surface area (Å²) in [5, 5.41) is 15.4. The lowest BCUT2D eigenvalue weighted by Gasteiger charge is -2.12. The Morgan fingerprint density at radius 1 is 0.968 bits per heavy atom. The molecule has 0 aliphatic carbocycles. The summed E-state index contributed by atoms with van der Waals surface area (Å²) in [5.41, 5.74) is 5.56. The Morgan fingerprint density at radius 2 is 1.81 bits per heavy atom. The molecule has 5 aromatic rings. The van der Waals surface area contributed by atoms with Crippen molar-refractivity contribution in [3.05, 3.63) is 77.6 Å². The molecule has 154 valence electrons. The number of amidine groups is 1. The van der Waals surface area contributed by atoms with Crippen LogP contribution in [0.4, 0.5) is 5.88 Å². The normalized spacial score (nSPS) is 11.9.